The molecule has 3 amide bonds. The number of halogens is 2. The molecule has 1 saturated heterocycles. The summed E-state index contributed by atoms with van der Waals surface area (Å²) < 4.78 is 11.5. The number of imidazole rings is 1. The quantitative estimate of drug-likeness (QED) is 0.234. The molecule has 2 aromatic heterocycles. The van der Waals surface area contributed by atoms with Crippen molar-refractivity contribution in [1.29, 1.82) is 0 Å². The van der Waals surface area contributed by atoms with Crippen molar-refractivity contribution in [3.63, 3.8) is 0 Å². The number of hydrogen-bond donors (Lipinski definition) is 3. The van der Waals surface area contributed by atoms with Gasteiger partial charge in [-0.15, -0.1) is 5.10 Å². The van der Waals surface area contributed by atoms with Crippen molar-refractivity contribution >= 4 is 46.8 Å². The highest BCUT2D eigenvalue weighted by Gasteiger charge is 2.27. The van der Waals surface area contributed by atoms with Gasteiger partial charge in [0.25, 0.3) is 0 Å². The number of nitrogens with one attached hydrogen (secondary N) is 3. The molecule has 14 nitrogen and oxygen atoms in total. The number of benzene rings is 2. The van der Waals surface area contributed by atoms with Gasteiger partial charge in [0.1, 0.15) is 23.0 Å². The summed E-state index contributed by atoms with van der Waals surface area (Å²) in [5.74, 6) is -0.129. The van der Waals surface area contributed by atoms with Gasteiger partial charge in [0.15, 0.2) is 0 Å². The number of H-pyrrole nitrogens is 1. The molecular weight excluding hydrogens is 613 g/mol. The fraction of sp³-hybridized carbons (Fsp3) is 0.321. The number of hydrogen-bond acceptors (Lipinski definition) is 9. The molecule has 5 rings (SSSR count). The van der Waals surface area contributed by atoms with Crippen LogP contribution in [0.25, 0.3) is 16.9 Å². The highest BCUT2D eigenvalue weighted by molar-refractivity contribution is 6.32. The van der Waals surface area contributed by atoms with E-state index in [1.807, 2.05) is 0 Å². The monoisotopic (exact) mass is 641 g/mol. The van der Waals surface area contributed by atoms with Gasteiger partial charge in [0.05, 0.1) is 38.5 Å². The predicted molar refractivity (Wildman–Crippen MR) is 160 cm³/mol. The zero-order valence-corrected chi connectivity index (χ0v) is 25.1. The minimum atomic E-state index is -0.789. The summed E-state index contributed by atoms with van der Waals surface area (Å²) in [6.45, 7) is 1.82. The second-order valence-electron chi connectivity index (χ2n) is 9.82. The molecule has 230 valence electrons. The Morgan fingerprint density at radius 2 is 1.89 bits per heavy atom. The first-order chi connectivity index (χ1) is 21.3. The first-order valence-corrected chi connectivity index (χ1v) is 14.4. The van der Waals surface area contributed by atoms with Gasteiger partial charge in [0, 0.05) is 35.8 Å². The summed E-state index contributed by atoms with van der Waals surface area (Å²) in [6, 6.07) is 11.3. The van der Waals surface area contributed by atoms with E-state index < -0.39 is 12.1 Å². The maximum Gasteiger partial charge on any atom is 0.411 e. The van der Waals surface area contributed by atoms with E-state index in [0.29, 0.717) is 66.2 Å². The van der Waals surface area contributed by atoms with Gasteiger partial charge < -0.3 is 24.7 Å². The Morgan fingerprint density at radius 1 is 1.11 bits per heavy atom. The second kappa shape index (κ2) is 14.3. The van der Waals surface area contributed by atoms with Crippen LogP contribution in [0.3, 0.4) is 0 Å². The largest absolute Gasteiger partial charge is 0.453 e. The van der Waals surface area contributed by atoms with Gasteiger partial charge in [-0.2, -0.15) is 0 Å². The molecule has 0 aliphatic carbocycles. The van der Waals surface area contributed by atoms with Gasteiger partial charge in [-0.05, 0) is 52.7 Å². The molecule has 1 fully saturated rings. The van der Waals surface area contributed by atoms with E-state index in [4.69, 9.17) is 27.9 Å². The Hall–Kier alpha value is -4.53. The lowest BCUT2D eigenvalue weighted by Crippen LogP contribution is -2.42. The van der Waals surface area contributed by atoms with Crippen LogP contribution in [0.4, 0.5) is 10.5 Å². The first-order valence-electron chi connectivity index (χ1n) is 13.7. The maximum atomic E-state index is 13.3. The van der Waals surface area contributed by atoms with Crippen LogP contribution in [-0.2, 0) is 25.5 Å². The molecule has 0 radical (unpaired) electrons. The van der Waals surface area contributed by atoms with Crippen molar-refractivity contribution in [2.24, 2.45) is 0 Å². The van der Waals surface area contributed by atoms with Crippen LogP contribution < -0.4 is 10.6 Å². The number of aryl methyl sites for hydroxylation is 1. The number of amides is 3. The number of aromatic amines is 1. The normalized spacial score (nSPS) is 13.8. The maximum absolute atomic E-state index is 13.3. The van der Waals surface area contributed by atoms with Crippen LogP contribution >= 0.6 is 23.2 Å². The zero-order valence-electron chi connectivity index (χ0n) is 23.6. The average molecular weight is 643 g/mol. The summed E-state index contributed by atoms with van der Waals surface area (Å²) in [4.78, 5) is 47.4. The molecule has 0 saturated carbocycles. The number of aromatic nitrogens is 6. The number of methoxy groups -OCH3 is 1. The molecule has 2 aromatic carbocycles. The standard InChI is InChI=1S/C28H29Cl2N9O5/c1-43-28(42)32-20-6-2-17(3-7-20)25-26(30)35-27(34-25)21(15-24(41)38-10-12-44-13-11-38)33-23(40)9-4-18-14-19(29)5-8-22(18)39-16-31-36-37-39/h2-3,5-8,14,16,21H,4,9-13,15H2,1H3,(H,32,42)(H,33,40)(H,34,35)/t21-/m0/s1. The van der Waals surface area contributed by atoms with Gasteiger partial charge in [-0.25, -0.2) is 14.5 Å². The molecule has 3 heterocycles. The van der Waals surface area contributed by atoms with Crippen LogP contribution in [0.1, 0.15) is 30.3 Å². The van der Waals surface area contributed by atoms with Gasteiger partial charge in [-0.3, -0.25) is 14.9 Å². The van der Waals surface area contributed by atoms with Gasteiger partial charge in [-0.1, -0.05) is 35.3 Å². The summed E-state index contributed by atoms with van der Waals surface area (Å²) in [5, 5.41) is 17.6. The van der Waals surface area contributed by atoms with Crippen molar-refractivity contribution in [2.45, 2.75) is 25.3 Å². The van der Waals surface area contributed by atoms with E-state index >= 15 is 0 Å². The molecule has 0 unspecified atom stereocenters. The van der Waals surface area contributed by atoms with Crippen LogP contribution in [0.5, 0.6) is 0 Å². The van der Waals surface area contributed by atoms with Crippen LogP contribution in [-0.4, -0.2) is 86.4 Å². The van der Waals surface area contributed by atoms with E-state index in [1.165, 1.54) is 18.1 Å². The minimum absolute atomic E-state index is 0.0376. The summed E-state index contributed by atoms with van der Waals surface area (Å²) in [5.41, 5.74) is 3.08. The Morgan fingerprint density at radius 3 is 2.59 bits per heavy atom. The Labute approximate surface area is 262 Å². The minimum Gasteiger partial charge on any atom is -0.453 e. The molecule has 1 atom stereocenters. The number of ether oxygens (including phenoxy) is 2. The summed E-state index contributed by atoms with van der Waals surface area (Å²) in [6.07, 6.45) is 1.25. The van der Waals surface area contributed by atoms with Gasteiger partial charge >= 0.3 is 6.09 Å². The number of anilines is 1. The van der Waals surface area contributed by atoms with E-state index in [-0.39, 0.29) is 29.8 Å². The van der Waals surface area contributed by atoms with E-state index in [0.717, 1.165) is 5.56 Å². The molecule has 1 aliphatic heterocycles. The third-order valence-corrected chi connectivity index (χ3v) is 7.44. The lowest BCUT2D eigenvalue weighted by atomic mass is 10.1. The molecule has 16 heteroatoms. The van der Waals surface area contributed by atoms with E-state index in [9.17, 15) is 14.4 Å². The number of rotatable bonds is 10. The molecule has 1 aliphatic rings. The smallest absolute Gasteiger partial charge is 0.411 e. The number of tetrazole rings is 1. The van der Waals surface area contributed by atoms with Crippen molar-refractivity contribution in [1.82, 2.24) is 40.4 Å². The first kappa shape index (κ1) is 30.9. The Bertz CT molecular complexity index is 1610. The Balaban J connectivity index is 1.34. The van der Waals surface area contributed by atoms with Crippen LogP contribution in [0, 0.1) is 0 Å². The molecule has 44 heavy (non-hydrogen) atoms. The van der Waals surface area contributed by atoms with Crippen LogP contribution in [0.15, 0.2) is 48.8 Å². The fourth-order valence-corrected chi connectivity index (χ4v) is 5.15. The number of morpholine rings is 1. The van der Waals surface area contributed by atoms with Crippen LogP contribution in [0.2, 0.25) is 10.2 Å². The third-order valence-electron chi connectivity index (χ3n) is 6.93. The lowest BCUT2D eigenvalue weighted by Gasteiger charge is -2.28. The molecule has 4 aromatic rings. The van der Waals surface area contributed by atoms with E-state index in [1.54, 1.807) is 47.4 Å². The van der Waals surface area contributed by atoms with Crippen molar-refractivity contribution in [3.8, 4) is 16.9 Å². The summed E-state index contributed by atoms with van der Waals surface area (Å²) >= 11 is 12.8. The predicted octanol–water partition coefficient (Wildman–Crippen LogP) is 3.58. The topological polar surface area (TPSA) is 169 Å². The number of carbonyl (C=O) groups is 3. The lowest BCUT2D eigenvalue weighted by molar-refractivity contribution is -0.136. The number of nitrogens with zero attached hydrogens (tertiary/aromatic N) is 6. The number of carbonyl (C=O) groups excluding carboxylic acids is 3. The third kappa shape index (κ3) is 7.70. The average Bonchev–Trinajstić information content (AvgIpc) is 3.71. The molecule has 0 bridgehead atoms. The van der Waals surface area contributed by atoms with Crippen molar-refractivity contribution in [2.75, 3.05) is 38.7 Å². The molecular formula is C28H29Cl2N9O5. The highest BCUT2D eigenvalue weighted by Crippen LogP contribution is 2.30. The van der Waals surface area contributed by atoms with Crippen molar-refractivity contribution < 1.29 is 23.9 Å². The molecule has 0 spiro atoms. The SMILES string of the molecule is COC(=O)Nc1ccc(-c2nc([C@H](CC(=O)N3CCOCC3)NC(=O)CCc3cc(Cl)ccc3-n3cnnn3)[nH]c2Cl)cc1. The highest BCUT2D eigenvalue weighted by atomic mass is 35.5. The summed E-state index contributed by atoms with van der Waals surface area (Å²) in [7, 11) is 1.28. The fourth-order valence-electron chi connectivity index (χ4n) is 4.70. The van der Waals surface area contributed by atoms with Crippen molar-refractivity contribution in [3.05, 3.63) is 70.4 Å². The second-order valence-corrected chi connectivity index (χ2v) is 10.6. The van der Waals surface area contributed by atoms with E-state index in [2.05, 4.69) is 40.9 Å². The zero-order chi connectivity index (χ0) is 31.1. The molecule has 3 N–H and O–H groups in total. The Kier molecular flexibility index (Phi) is 10.0. The van der Waals surface area contributed by atoms with Gasteiger partial charge in [0.2, 0.25) is 11.8 Å².